The van der Waals surface area contributed by atoms with Crippen molar-refractivity contribution >= 4 is 10.8 Å². The average molecular weight is 341 g/mol. The second kappa shape index (κ2) is 6.42. The van der Waals surface area contributed by atoms with Gasteiger partial charge in [0.15, 0.2) is 6.20 Å². The molecule has 1 nitrogen and oxygen atoms in total. The molecule has 0 bridgehead atoms. The molecule has 4 aromatic rings. The molecule has 0 aliphatic heterocycles. The van der Waals surface area contributed by atoms with Crippen molar-refractivity contribution in [2.75, 3.05) is 0 Å². The molecule has 26 heavy (non-hydrogen) atoms. The van der Waals surface area contributed by atoms with Gasteiger partial charge < -0.3 is 0 Å². The van der Waals surface area contributed by atoms with Gasteiger partial charge in [-0.1, -0.05) is 54.6 Å². The number of rotatable bonds is 2. The molecule has 0 saturated carbocycles. The van der Waals surface area contributed by atoms with Gasteiger partial charge in [0.05, 0.1) is 0 Å². The SMILES string of the molecule is [2H]C([2H])([2H])c1c[n+](C)c(-c2ccccc2C)cc1-c1cccc2c(C)cccc12. The predicted molar refractivity (Wildman–Crippen MR) is 110 cm³/mol. The van der Waals surface area contributed by atoms with Crippen LogP contribution in [0, 0.1) is 20.7 Å². The maximum absolute atomic E-state index is 8.15. The van der Waals surface area contributed by atoms with Crippen molar-refractivity contribution in [3.63, 3.8) is 0 Å². The van der Waals surface area contributed by atoms with E-state index in [9.17, 15) is 0 Å². The van der Waals surface area contributed by atoms with Crippen molar-refractivity contribution < 1.29 is 8.68 Å². The van der Waals surface area contributed by atoms with Gasteiger partial charge in [0.2, 0.25) is 5.69 Å². The summed E-state index contributed by atoms with van der Waals surface area (Å²) < 4.78 is 26.4. The number of hydrogen-bond donors (Lipinski definition) is 0. The summed E-state index contributed by atoms with van der Waals surface area (Å²) in [6.45, 7) is 1.96. The van der Waals surface area contributed by atoms with E-state index >= 15 is 0 Å². The van der Waals surface area contributed by atoms with Gasteiger partial charge in [-0.3, -0.25) is 0 Å². The lowest BCUT2D eigenvalue weighted by Gasteiger charge is -2.13. The molecule has 1 aromatic heterocycles. The molecule has 0 aliphatic carbocycles. The van der Waals surface area contributed by atoms with Gasteiger partial charge in [-0.2, -0.15) is 0 Å². The minimum absolute atomic E-state index is 0.367. The van der Waals surface area contributed by atoms with Crippen LogP contribution in [0.3, 0.4) is 0 Å². The Morgan fingerprint density at radius 2 is 1.38 bits per heavy atom. The fourth-order valence-corrected chi connectivity index (χ4v) is 3.70. The minimum atomic E-state index is -2.21. The highest BCUT2D eigenvalue weighted by Crippen LogP contribution is 2.34. The quantitative estimate of drug-likeness (QED) is 0.398. The summed E-state index contributed by atoms with van der Waals surface area (Å²) >= 11 is 0. The highest BCUT2D eigenvalue weighted by molar-refractivity contribution is 5.99. The summed E-state index contributed by atoms with van der Waals surface area (Å²) in [5.74, 6) is 0. The van der Waals surface area contributed by atoms with Crippen LogP contribution >= 0.6 is 0 Å². The van der Waals surface area contributed by atoms with Gasteiger partial charge >= 0.3 is 0 Å². The Kier molecular flexibility index (Phi) is 3.28. The molecule has 0 aliphatic rings. The van der Waals surface area contributed by atoms with Crippen molar-refractivity contribution in [3.05, 3.63) is 89.6 Å². The summed E-state index contributed by atoms with van der Waals surface area (Å²) in [6, 6.07) is 22.5. The van der Waals surface area contributed by atoms with Crippen LogP contribution in [0.15, 0.2) is 72.9 Å². The van der Waals surface area contributed by atoms with E-state index in [1.54, 1.807) is 6.20 Å². The first-order chi connectivity index (χ1) is 13.8. The number of fused-ring (bicyclic) bond motifs is 1. The van der Waals surface area contributed by atoms with Crippen molar-refractivity contribution in [2.45, 2.75) is 20.7 Å². The first kappa shape index (κ1) is 13.3. The molecule has 1 heteroatoms. The number of nitrogens with zero attached hydrogens (tertiary/aromatic N) is 1. The Bertz CT molecular complexity index is 1220. The standard InChI is InChI=1S/C25H24N/c1-17-10-7-13-22-20(17)12-8-14-23(22)24-15-25(26(4)16-19(24)3)21-11-6-5-9-18(21)2/h5-16H,1-4H3/q+1/i3D3. The fraction of sp³-hybridized carbons (Fsp3) is 0.160. The molecule has 1 heterocycles. The molecule has 0 N–H and O–H groups in total. The van der Waals surface area contributed by atoms with E-state index in [1.165, 1.54) is 5.56 Å². The van der Waals surface area contributed by atoms with E-state index in [4.69, 9.17) is 4.11 Å². The van der Waals surface area contributed by atoms with Gasteiger partial charge in [-0.25, -0.2) is 4.57 Å². The van der Waals surface area contributed by atoms with E-state index in [1.807, 2.05) is 48.0 Å². The summed E-state index contributed by atoms with van der Waals surface area (Å²) in [7, 11) is 1.91. The summed E-state index contributed by atoms with van der Waals surface area (Å²) in [5.41, 5.74) is 6.52. The second-order valence-electron chi connectivity index (χ2n) is 6.89. The van der Waals surface area contributed by atoms with Crippen LogP contribution in [-0.4, -0.2) is 0 Å². The Balaban J connectivity index is 2.09. The average Bonchev–Trinajstić information content (AvgIpc) is 2.68. The van der Waals surface area contributed by atoms with Crippen LogP contribution in [0.2, 0.25) is 0 Å². The molecule has 0 spiro atoms. The minimum Gasteiger partial charge on any atom is -0.201 e. The molecular weight excluding hydrogens is 314 g/mol. The fourth-order valence-electron chi connectivity index (χ4n) is 3.70. The van der Waals surface area contributed by atoms with Crippen LogP contribution in [0.5, 0.6) is 0 Å². The number of pyridine rings is 1. The van der Waals surface area contributed by atoms with E-state index in [0.717, 1.165) is 38.7 Å². The molecule has 128 valence electrons. The Labute approximate surface area is 159 Å². The molecule has 0 amide bonds. The molecule has 0 radical (unpaired) electrons. The van der Waals surface area contributed by atoms with Gasteiger partial charge in [0.1, 0.15) is 7.05 Å². The van der Waals surface area contributed by atoms with Crippen molar-refractivity contribution in [3.8, 4) is 22.4 Å². The number of hydrogen-bond acceptors (Lipinski definition) is 0. The van der Waals surface area contributed by atoms with E-state index < -0.39 is 6.85 Å². The van der Waals surface area contributed by atoms with Crippen LogP contribution in [0.25, 0.3) is 33.2 Å². The van der Waals surface area contributed by atoms with Crippen LogP contribution < -0.4 is 4.57 Å². The Morgan fingerprint density at radius 1 is 0.692 bits per heavy atom. The largest absolute Gasteiger partial charge is 0.213 e. The zero-order chi connectivity index (χ0) is 20.8. The maximum atomic E-state index is 8.15. The molecule has 0 atom stereocenters. The molecule has 3 aromatic carbocycles. The van der Waals surface area contributed by atoms with Crippen LogP contribution in [-0.2, 0) is 7.05 Å². The van der Waals surface area contributed by atoms with Crippen molar-refractivity contribution in [1.29, 1.82) is 0 Å². The van der Waals surface area contributed by atoms with Gasteiger partial charge in [-0.15, -0.1) is 0 Å². The van der Waals surface area contributed by atoms with E-state index in [-0.39, 0.29) is 0 Å². The summed E-state index contributed by atoms with van der Waals surface area (Å²) in [6.07, 6.45) is 1.76. The summed E-state index contributed by atoms with van der Waals surface area (Å²) in [4.78, 5) is 0. The van der Waals surface area contributed by atoms with E-state index in [0.29, 0.717) is 5.56 Å². The van der Waals surface area contributed by atoms with Gasteiger partial charge in [0.25, 0.3) is 0 Å². The van der Waals surface area contributed by atoms with Crippen molar-refractivity contribution in [1.82, 2.24) is 0 Å². The lowest BCUT2D eigenvalue weighted by molar-refractivity contribution is -0.660. The van der Waals surface area contributed by atoms with Crippen molar-refractivity contribution in [2.24, 2.45) is 7.05 Å². The second-order valence-corrected chi connectivity index (χ2v) is 6.89. The zero-order valence-electron chi connectivity index (χ0n) is 18.4. The van der Waals surface area contributed by atoms with Crippen LogP contribution in [0.1, 0.15) is 20.8 Å². The molecular formula is C25H24N+. The first-order valence-corrected chi connectivity index (χ1v) is 8.86. The third-order valence-corrected chi connectivity index (χ3v) is 5.13. The number of aryl methyl sites for hydroxylation is 4. The topological polar surface area (TPSA) is 3.88 Å². The summed E-state index contributed by atoms with van der Waals surface area (Å²) in [5, 5.41) is 2.22. The molecule has 0 unspecified atom stereocenters. The Morgan fingerprint density at radius 3 is 2.19 bits per heavy atom. The highest BCUT2D eigenvalue weighted by atomic mass is 14.9. The first-order valence-electron chi connectivity index (χ1n) is 10.4. The molecule has 0 saturated heterocycles. The Hall–Kier alpha value is -2.93. The maximum Gasteiger partial charge on any atom is 0.213 e. The molecule has 0 fully saturated rings. The highest BCUT2D eigenvalue weighted by Gasteiger charge is 2.17. The lowest BCUT2D eigenvalue weighted by Crippen LogP contribution is -2.31. The third kappa shape index (κ3) is 2.70. The van der Waals surface area contributed by atoms with Gasteiger partial charge in [0, 0.05) is 21.3 Å². The third-order valence-electron chi connectivity index (χ3n) is 5.13. The predicted octanol–water partition coefficient (Wildman–Crippen LogP) is 5.92. The normalized spacial score (nSPS) is 13.3. The zero-order valence-corrected chi connectivity index (χ0v) is 15.4. The monoisotopic (exact) mass is 341 g/mol. The number of aromatic nitrogens is 1. The lowest BCUT2D eigenvalue weighted by atomic mass is 9.92. The smallest absolute Gasteiger partial charge is 0.201 e. The number of benzene rings is 3. The van der Waals surface area contributed by atoms with Gasteiger partial charge in [-0.05, 0) is 59.8 Å². The molecule has 4 rings (SSSR count). The van der Waals surface area contributed by atoms with E-state index in [2.05, 4.69) is 44.2 Å². The van der Waals surface area contributed by atoms with Crippen LogP contribution in [0.4, 0.5) is 0 Å².